The van der Waals surface area contributed by atoms with Crippen LogP contribution in [0.15, 0.2) is 12.4 Å². The summed E-state index contributed by atoms with van der Waals surface area (Å²) in [4.78, 5) is 18.5. The molecule has 4 aliphatic heterocycles. The minimum Gasteiger partial charge on any atom is -0.485 e. The lowest BCUT2D eigenvalue weighted by Gasteiger charge is -2.45. The quantitative estimate of drug-likeness (QED) is 0.658. The first-order valence-electron chi connectivity index (χ1n) is 12.1. The summed E-state index contributed by atoms with van der Waals surface area (Å²) < 4.78 is 30.0. The molecule has 0 aromatic carbocycles. The standard InChI is InChI=1S/C23H31N7O3S/c1-15-21-20(10-19(27-15)16-11-30(12-16)17-2-4-24-5-3-17)28-22-18(13-33-21)23(26-14-25-22)29-6-8-34(31,32)9-7-29/h10,14,16-17,24H,2-9,11-13H2,1H3,(H,25,26,28). The van der Waals surface area contributed by atoms with Crippen molar-refractivity contribution in [1.82, 2.24) is 25.2 Å². The number of nitrogens with one attached hydrogen (secondary N) is 2. The molecule has 3 saturated heterocycles. The zero-order valence-corrected chi connectivity index (χ0v) is 20.3. The van der Waals surface area contributed by atoms with Gasteiger partial charge < -0.3 is 20.3 Å². The van der Waals surface area contributed by atoms with Crippen molar-refractivity contribution in [1.29, 1.82) is 0 Å². The fourth-order valence-corrected chi connectivity index (χ4v) is 6.65. The van der Waals surface area contributed by atoms with Crippen molar-refractivity contribution >= 4 is 27.2 Å². The number of anilines is 3. The Morgan fingerprint density at radius 2 is 1.88 bits per heavy atom. The molecule has 4 aliphatic rings. The smallest absolute Gasteiger partial charge is 0.164 e. The van der Waals surface area contributed by atoms with Gasteiger partial charge in [-0.2, -0.15) is 0 Å². The highest BCUT2D eigenvalue weighted by Crippen LogP contribution is 2.40. The number of fused-ring (bicyclic) bond motifs is 2. The molecule has 2 N–H and O–H groups in total. The number of nitrogens with zero attached hydrogens (tertiary/aromatic N) is 5. The lowest BCUT2D eigenvalue weighted by Crippen LogP contribution is -2.53. The van der Waals surface area contributed by atoms with Crippen LogP contribution in [0.4, 0.5) is 17.3 Å². The summed E-state index contributed by atoms with van der Waals surface area (Å²) in [5, 5.41) is 6.92. The van der Waals surface area contributed by atoms with E-state index in [1.54, 1.807) is 0 Å². The third-order valence-electron chi connectivity index (χ3n) is 7.50. The average molecular weight is 486 g/mol. The summed E-state index contributed by atoms with van der Waals surface area (Å²) in [6, 6.07) is 2.80. The molecule has 6 rings (SSSR count). The number of sulfone groups is 1. The number of rotatable bonds is 3. The van der Waals surface area contributed by atoms with Crippen molar-refractivity contribution in [2.45, 2.75) is 38.3 Å². The van der Waals surface area contributed by atoms with E-state index in [1.165, 1.54) is 19.2 Å². The van der Waals surface area contributed by atoms with Crippen LogP contribution in [0.5, 0.6) is 5.75 Å². The number of ether oxygens (including phenoxy) is 1. The first-order valence-corrected chi connectivity index (χ1v) is 13.9. The maximum atomic E-state index is 11.9. The van der Waals surface area contributed by atoms with Gasteiger partial charge in [0.2, 0.25) is 0 Å². The Balaban J connectivity index is 1.22. The first kappa shape index (κ1) is 22.0. The highest BCUT2D eigenvalue weighted by Gasteiger charge is 2.35. The van der Waals surface area contributed by atoms with E-state index in [0.29, 0.717) is 37.5 Å². The molecular weight excluding hydrogens is 454 g/mol. The predicted molar refractivity (Wildman–Crippen MR) is 130 cm³/mol. The Labute approximate surface area is 200 Å². The molecule has 0 atom stereocenters. The van der Waals surface area contributed by atoms with Crippen LogP contribution < -0.4 is 20.3 Å². The van der Waals surface area contributed by atoms with E-state index in [4.69, 9.17) is 9.72 Å². The van der Waals surface area contributed by atoms with E-state index in [-0.39, 0.29) is 11.5 Å². The fraction of sp³-hybridized carbons (Fsp3) is 0.609. The summed E-state index contributed by atoms with van der Waals surface area (Å²) in [5.74, 6) is 2.90. The summed E-state index contributed by atoms with van der Waals surface area (Å²) in [7, 11) is -2.97. The first-order chi connectivity index (χ1) is 16.5. The van der Waals surface area contributed by atoms with Gasteiger partial charge in [0.15, 0.2) is 15.6 Å². The highest BCUT2D eigenvalue weighted by atomic mass is 32.2. The summed E-state index contributed by atoms with van der Waals surface area (Å²) >= 11 is 0. The van der Waals surface area contributed by atoms with Crippen molar-refractivity contribution in [3.8, 4) is 5.75 Å². The van der Waals surface area contributed by atoms with E-state index in [0.717, 1.165) is 60.4 Å². The van der Waals surface area contributed by atoms with Crippen LogP contribution in [0.2, 0.25) is 0 Å². The van der Waals surface area contributed by atoms with E-state index >= 15 is 0 Å². The van der Waals surface area contributed by atoms with Gasteiger partial charge in [-0.15, -0.1) is 0 Å². The second-order valence-electron chi connectivity index (χ2n) is 9.72. The largest absolute Gasteiger partial charge is 0.485 e. The van der Waals surface area contributed by atoms with Gasteiger partial charge in [0, 0.05) is 43.8 Å². The Kier molecular flexibility index (Phi) is 5.57. The minimum atomic E-state index is -2.97. The molecule has 0 spiro atoms. The van der Waals surface area contributed by atoms with Gasteiger partial charge in [0.1, 0.15) is 24.6 Å². The molecule has 0 aliphatic carbocycles. The Bertz CT molecular complexity index is 1180. The van der Waals surface area contributed by atoms with Gasteiger partial charge in [0.25, 0.3) is 0 Å². The SMILES string of the molecule is Cc1nc(C2CN(C3CCNCC3)C2)cc2c1OCc1c(ncnc1N1CCS(=O)(=O)CC1)N2. The molecule has 0 radical (unpaired) electrons. The normalized spacial score (nSPS) is 23.1. The van der Waals surface area contributed by atoms with E-state index < -0.39 is 9.84 Å². The number of aromatic nitrogens is 3. The number of pyridine rings is 1. The van der Waals surface area contributed by atoms with Gasteiger partial charge >= 0.3 is 0 Å². The third-order valence-corrected chi connectivity index (χ3v) is 9.11. The minimum absolute atomic E-state index is 0.141. The Morgan fingerprint density at radius 1 is 1.12 bits per heavy atom. The molecule has 2 aromatic rings. The van der Waals surface area contributed by atoms with Gasteiger partial charge in [-0.05, 0) is 38.9 Å². The fourth-order valence-electron chi connectivity index (χ4n) is 5.45. The summed E-state index contributed by atoms with van der Waals surface area (Å²) in [6.45, 7) is 7.49. The van der Waals surface area contributed by atoms with Crippen LogP contribution in [-0.2, 0) is 16.4 Å². The Morgan fingerprint density at radius 3 is 2.65 bits per heavy atom. The van der Waals surface area contributed by atoms with Crippen molar-refractivity contribution in [3.05, 3.63) is 29.3 Å². The maximum Gasteiger partial charge on any atom is 0.164 e. The molecule has 10 nitrogen and oxygen atoms in total. The van der Waals surface area contributed by atoms with Crippen molar-refractivity contribution < 1.29 is 13.2 Å². The lowest BCUT2D eigenvalue weighted by atomic mass is 9.90. The summed E-state index contributed by atoms with van der Waals surface area (Å²) in [6.07, 6.45) is 3.98. The molecule has 0 bridgehead atoms. The second kappa shape index (κ2) is 8.62. The van der Waals surface area contributed by atoms with Crippen molar-refractivity contribution in [2.75, 3.05) is 61.0 Å². The molecule has 0 saturated carbocycles. The molecule has 182 valence electrons. The van der Waals surface area contributed by atoms with Crippen LogP contribution in [0.25, 0.3) is 0 Å². The summed E-state index contributed by atoms with van der Waals surface area (Å²) in [5.41, 5.74) is 3.69. The van der Waals surface area contributed by atoms with Gasteiger partial charge in [-0.1, -0.05) is 0 Å². The average Bonchev–Trinajstić information content (AvgIpc) is 2.98. The monoisotopic (exact) mass is 485 g/mol. The third kappa shape index (κ3) is 4.09. The maximum absolute atomic E-state index is 11.9. The van der Waals surface area contributed by atoms with Crippen LogP contribution in [0.3, 0.4) is 0 Å². The van der Waals surface area contributed by atoms with E-state index in [2.05, 4.69) is 31.6 Å². The van der Waals surface area contributed by atoms with Crippen LogP contribution in [0, 0.1) is 6.92 Å². The van der Waals surface area contributed by atoms with Crippen molar-refractivity contribution in [3.63, 3.8) is 0 Å². The van der Waals surface area contributed by atoms with Crippen LogP contribution in [0.1, 0.15) is 35.7 Å². The van der Waals surface area contributed by atoms with Gasteiger partial charge in [-0.3, -0.25) is 9.88 Å². The Hall–Kier alpha value is -2.50. The molecule has 0 amide bonds. The van der Waals surface area contributed by atoms with Gasteiger partial charge in [0.05, 0.1) is 28.5 Å². The molecule has 3 fully saturated rings. The van der Waals surface area contributed by atoms with E-state index in [9.17, 15) is 8.42 Å². The van der Waals surface area contributed by atoms with Gasteiger partial charge in [-0.25, -0.2) is 18.4 Å². The van der Waals surface area contributed by atoms with E-state index in [1.807, 2.05) is 11.8 Å². The number of likely N-dealkylation sites (tertiary alicyclic amines) is 1. The molecular formula is C23H31N7O3S. The molecule has 11 heteroatoms. The predicted octanol–water partition coefficient (Wildman–Crippen LogP) is 1.20. The molecule has 2 aromatic heterocycles. The zero-order valence-electron chi connectivity index (χ0n) is 19.5. The van der Waals surface area contributed by atoms with Crippen molar-refractivity contribution in [2.24, 2.45) is 0 Å². The molecule has 34 heavy (non-hydrogen) atoms. The van der Waals surface area contributed by atoms with Crippen LogP contribution >= 0.6 is 0 Å². The second-order valence-corrected chi connectivity index (χ2v) is 12.0. The van der Waals surface area contributed by atoms with Crippen LogP contribution in [-0.4, -0.2) is 85.1 Å². The number of hydrogen-bond donors (Lipinski definition) is 2. The zero-order chi connectivity index (χ0) is 23.3. The molecule has 0 unspecified atom stereocenters. The molecule has 6 heterocycles. The number of aryl methyl sites for hydroxylation is 1. The number of piperidine rings is 1. The highest BCUT2D eigenvalue weighted by molar-refractivity contribution is 7.91. The lowest BCUT2D eigenvalue weighted by molar-refractivity contribution is 0.0713. The topological polar surface area (TPSA) is 113 Å². The number of hydrogen-bond acceptors (Lipinski definition) is 10.